The Morgan fingerprint density at radius 3 is 2.62 bits per heavy atom. The molecule has 0 unspecified atom stereocenters. The molecule has 112 valence electrons. The van der Waals surface area contributed by atoms with Gasteiger partial charge in [-0.05, 0) is 31.9 Å². The Bertz CT molecular complexity index is 610. The second kappa shape index (κ2) is 6.92. The third-order valence-electron chi connectivity index (χ3n) is 3.34. The number of nitrogens with one attached hydrogen (secondary N) is 2. The van der Waals surface area contributed by atoms with Crippen molar-refractivity contribution < 1.29 is 0 Å². The normalized spacial score (nSPS) is 10.4. The zero-order chi connectivity index (χ0) is 15.2. The lowest BCUT2D eigenvalue weighted by atomic mass is 10.1. The summed E-state index contributed by atoms with van der Waals surface area (Å²) in [5.41, 5.74) is 10.1. The smallest absolute Gasteiger partial charge is 0.159 e. The molecule has 0 fully saturated rings. The SMILES string of the molecule is CCCCNc1ncnc(Nc2ccc(C)cc2C)c1N. The van der Waals surface area contributed by atoms with Crippen LogP contribution >= 0.6 is 0 Å². The Morgan fingerprint density at radius 1 is 1.14 bits per heavy atom. The van der Waals surface area contributed by atoms with Gasteiger partial charge in [0, 0.05) is 12.2 Å². The Kier molecular flexibility index (Phi) is 4.98. The summed E-state index contributed by atoms with van der Waals surface area (Å²) in [5.74, 6) is 1.32. The van der Waals surface area contributed by atoms with Gasteiger partial charge < -0.3 is 16.4 Å². The molecule has 0 saturated heterocycles. The van der Waals surface area contributed by atoms with Crippen LogP contribution in [0.3, 0.4) is 0 Å². The van der Waals surface area contributed by atoms with Crippen LogP contribution in [0.1, 0.15) is 30.9 Å². The second-order valence-corrected chi connectivity index (χ2v) is 5.21. The first kappa shape index (κ1) is 15.1. The Morgan fingerprint density at radius 2 is 1.90 bits per heavy atom. The van der Waals surface area contributed by atoms with Crippen molar-refractivity contribution in [3.8, 4) is 0 Å². The van der Waals surface area contributed by atoms with Crippen LogP contribution in [-0.4, -0.2) is 16.5 Å². The maximum Gasteiger partial charge on any atom is 0.159 e. The van der Waals surface area contributed by atoms with Crippen molar-refractivity contribution in [3.05, 3.63) is 35.7 Å². The Hall–Kier alpha value is -2.30. The molecule has 1 heterocycles. The lowest BCUT2D eigenvalue weighted by Gasteiger charge is -2.14. The van der Waals surface area contributed by atoms with Gasteiger partial charge in [-0.3, -0.25) is 0 Å². The molecule has 1 aromatic carbocycles. The van der Waals surface area contributed by atoms with Crippen molar-refractivity contribution in [2.24, 2.45) is 0 Å². The van der Waals surface area contributed by atoms with E-state index in [1.54, 1.807) is 0 Å². The quantitative estimate of drug-likeness (QED) is 0.707. The lowest BCUT2D eigenvalue weighted by molar-refractivity contribution is 0.831. The number of nitrogen functional groups attached to an aromatic ring is 1. The minimum atomic E-state index is 0.550. The summed E-state index contributed by atoms with van der Waals surface area (Å²) in [6.45, 7) is 7.15. The summed E-state index contributed by atoms with van der Waals surface area (Å²) in [7, 11) is 0. The molecule has 0 aliphatic rings. The summed E-state index contributed by atoms with van der Waals surface area (Å²) in [6.07, 6.45) is 3.74. The first-order chi connectivity index (χ1) is 10.1. The monoisotopic (exact) mass is 285 g/mol. The van der Waals surface area contributed by atoms with Crippen LogP contribution in [0, 0.1) is 13.8 Å². The maximum atomic E-state index is 6.14. The Balaban J connectivity index is 2.18. The fourth-order valence-corrected chi connectivity index (χ4v) is 2.10. The van der Waals surface area contributed by atoms with E-state index < -0.39 is 0 Å². The minimum absolute atomic E-state index is 0.550. The number of nitrogens with two attached hydrogens (primary N) is 1. The van der Waals surface area contributed by atoms with Gasteiger partial charge in [0.25, 0.3) is 0 Å². The molecule has 5 heteroatoms. The van der Waals surface area contributed by atoms with Gasteiger partial charge in [-0.25, -0.2) is 9.97 Å². The Labute approximate surface area is 126 Å². The van der Waals surface area contributed by atoms with E-state index in [2.05, 4.69) is 53.5 Å². The number of unbranched alkanes of at least 4 members (excludes halogenated alkanes) is 1. The average Bonchev–Trinajstić information content (AvgIpc) is 2.46. The van der Waals surface area contributed by atoms with Gasteiger partial charge in [0.15, 0.2) is 11.6 Å². The molecule has 2 aromatic rings. The van der Waals surface area contributed by atoms with Crippen LogP contribution in [-0.2, 0) is 0 Å². The van der Waals surface area contributed by atoms with Gasteiger partial charge in [0.2, 0.25) is 0 Å². The molecule has 5 nitrogen and oxygen atoms in total. The standard InChI is InChI=1S/C16H23N5/c1-4-5-8-18-15-14(17)16(20-10-19-15)21-13-7-6-11(2)9-12(13)3/h6-7,9-10H,4-5,8,17H2,1-3H3,(H2,18,19,20,21). The molecule has 1 aromatic heterocycles. The molecule has 0 atom stereocenters. The van der Waals surface area contributed by atoms with Gasteiger partial charge in [0.05, 0.1) is 0 Å². The summed E-state index contributed by atoms with van der Waals surface area (Å²) in [5, 5.41) is 6.53. The van der Waals surface area contributed by atoms with Gasteiger partial charge in [0.1, 0.15) is 12.0 Å². The summed E-state index contributed by atoms with van der Waals surface area (Å²) in [4.78, 5) is 8.44. The maximum absolute atomic E-state index is 6.14. The number of anilines is 4. The number of aromatic nitrogens is 2. The molecule has 0 amide bonds. The highest BCUT2D eigenvalue weighted by atomic mass is 15.1. The molecule has 0 bridgehead atoms. The van der Waals surface area contributed by atoms with Crippen LogP contribution in [0.25, 0.3) is 0 Å². The van der Waals surface area contributed by atoms with E-state index in [0.717, 1.165) is 30.6 Å². The van der Waals surface area contributed by atoms with Crippen LogP contribution in [0.15, 0.2) is 24.5 Å². The van der Waals surface area contributed by atoms with Crippen LogP contribution in [0.4, 0.5) is 23.0 Å². The number of nitrogens with zero attached hydrogens (tertiary/aromatic N) is 2. The molecule has 4 N–H and O–H groups in total. The van der Waals surface area contributed by atoms with Crippen molar-refractivity contribution in [1.82, 2.24) is 9.97 Å². The van der Waals surface area contributed by atoms with Crippen LogP contribution < -0.4 is 16.4 Å². The highest BCUT2D eigenvalue weighted by Crippen LogP contribution is 2.27. The molecule has 2 rings (SSSR count). The number of hydrogen-bond donors (Lipinski definition) is 3. The molecular formula is C16H23N5. The minimum Gasteiger partial charge on any atom is -0.393 e. The number of benzene rings is 1. The van der Waals surface area contributed by atoms with E-state index >= 15 is 0 Å². The molecule has 0 radical (unpaired) electrons. The molecule has 0 aliphatic carbocycles. The van der Waals surface area contributed by atoms with E-state index in [9.17, 15) is 0 Å². The largest absolute Gasteiger partial charge is 0.393 e. The number of aryl methyl sites for hydroxylation is 2. The number of rotatable bonds is 6. The van der Waals surface area contributed by atoms with Crippen molar-refractivity contribution in [2.45, 2.75) is 33.6 Å². The molecule has 0 spiro atoms. The van der Waals surface area contributed by atoms with Gasteiger partial charge in [-0.1, -0.05) is 31.0 Å². The van der Waals surface area contributed by atoms with Crippen LogP contribution in [0.5, 0.6) is 0 Å². The van der Waals surface area contributed by atoms with E-state index in [-0.39, 0.29) is 0 Å². The zero-order valence-electron chi connectivity index (χ0n) is 12.9. The van der Waals surface area contributed by atoms with E-state index in [4.69, 9.17) is 5.73 Å². The molecule has 21 heavy (non-hydrogen) atoms. The van der Waals surface area contributed by atoms with E-state index in [1.807, 2.05) is 6.07 Å². The van der Waals surface area contributed by atoms with Crippen LogP contribution in [0.2, 0.25) is 0 Å². The van der Waals surface area contributed by atoms with Crippen molar-refractivity contribution in [1.29, 1.82) is 0 Å². The summed E-state index contributed by atoms with van der Waals surface area (Å²) < 4.78 is 0. The van der Waals surface area contributed by atoms with Crippen molar-refractivity contribution in [2.75, 3.05) is 22.9 Å². The first-order valence-corrected chi connectivity index (χ1v) is 7.30. The van der Waals surface area contributed by atoms with Gasteiger partial charge in [-0.2, -0.15) is 0 Å². The number of hydrogen-bond acceptors (Lipinski definition) is 5. The summed E-state index contributed by atoms with van der Waals surface area (Å²) >= 11 is 0. The van der Waals surface area contributed by atoms with Crippen molar-refractivity contribution >= 4 is 23.0 Å². The fourth-order valence-electron chi connectivity index (χ4n) is 2.10. The van der Waals surface area contributed by atoms with Gasteiger partial charge in [-0.15, -0.1) is 0 Å². The zero-order valence-corrected chi connectivity index (χ0v) is 12.9. The summed E-state index contributed by atoms with van der Waals surface area (Å²) in [6, 6.07) is 6.23. The second-order valence-electron chi connectivity index (χ2n) is 5.21. The third-order valence-corrected chi connectivity index (χ3v) is 3.34. The molecule has 0 aliphatic heterocycles. The van der Waals surface area contributed by atoms with E-state index in [0.29, 0.717) is 17.3 Å². The highest BCUT2D eigenvalue weighted by molar-refractivity contribution is 5.78. The predicted molar refractivity (Wildman–Crippen MR) is 89.0 cm³/mol. The predicted octanol–water partition coefficient (Wildman–Crippen LogP) is 3.63. The molecule has 0 saturated carbocycles. The highest BCUT2D eigenvalue weighted by Gasteiger charge is 2.09. The third kappa shape index (κ3) is 3.84. The van der Waals surface area contributed by atoms with Gasteiger partial charge >= 0.3 is 0 Å². The fraction of sp³-hybridized carbons (Fsp3) is 0.375. The first-order valence-electron chi connectivity index (χ1n) is 7.30. The average molecular weight is 285 g/mol. The lowest BCUT2D eigenvalue weighted by Crippen LogP contribution is -2.09. The topological polar surface area (TPSA) is 75.9 Å². The van der Waals surface area contributed by atoms with Crippen molar-refractivity contribution in [3.63, 3.8) is 0 Å². The van der Waals surface area contributed by atoms with E-state index in [1.165, 1.54) is 11.9 Å². The molecular weight excluding hydrogens is 262 g/mol.